The average Bonchev–Trinajstić information content (AvgIpc) is 2.31. The monoisotopic (exact) mass is 262 g/mol. The number of nitrogens with one attached hydrogen (secondary N) is 1. The molecule has 1 heterocycles. The molecule has 0 fully saturated rings. The molecule has 2 rings (SSSR count). The summed E-state index contributed by atoms with van der Waals surface area (Å²) >= 11 is 5.70. The highest BCUT2D eigenvalue weighted by Crippen LogP contribution is 2.15. The molecule has 5 nitrogen and oxygen atoms in total. The zero-order valence-corrected chi connectivity index (χ0v) is 10.1. The van der Waals surface area contributed by atoms with Crippen LogP contribution in [0, 0.1) is 0 Å². The third-order valence-electron chi connectivity index (χ3n) is 2.21. The van der Waals surface area contributed by atoms with Gasteiger partial charge in [0.25, 0.3) is 5.91 Å². The molecule has 92 valence electrons. The second-order valence-corrected chi connectivity index (χ2v) is 4.14. The molecule has 1 aromatic carbocycles. The van der Waals surface area contributed by atoms with Gasteiger partial charge in [0.15, 0.2) is 0 Å². The van der Waals surface area contributed by atoms with E-state index in [9.17, 15) is 4.79 Å². The Bertz CT molecular complexity index is 563. The lowest BCUT2D eigenvalue weighted by molar-refractivity contribution is 0.102. The predicted molar refractivity (Wildman–Crippen MR) is 72.5 cm³/mol. The number of pyridine rings is 1. The van der Waals surface area contributed by atoms with Crippen LogP contribution in [0.4, 0.5) is 17.2 Å². The molecule has 0 spiro atoms. The summed E-state index contributed by atoms with van der Waals surface area (Å²) in [5.74, 6) is 0.0780. The minimum Gasteiger partial charge on any atom is -0.399 e. The maximum absolute atomic E-state index is 11.9. The van der Waals surface area contributed by atoms with E-state index in [0.717, 1.165) is 0 Å². The van der Waals surface area contributed by atoms with Gasteiger partial charge in [-0.2, -0.15) is 0 Å². The van der Waals surface area contributed by atoms with Crippen molar-refractivity contribution in [1.82, 2.24) is 4.98 Å². The largest absolute Gasteiger partial charge is 0.399 e. The van der Waals surface area contributed by atoms with E-state index in [1.807, 2.05) is 0 Å². The number of nitrogen functional groups attached to an aromatic ring is 2. The van der Waals surface area contributed by atoms with Crippen molar-refractivity contribution in [3.63, 3.8) is 0 Å². The van der Waals surface area contributed by atoms with Crippen molar-refractivity contribution in [1.29, 1.82) is 0 Å². The standard InChI is InChI=1S/C12H11ClN4O/c13-8-1-2-11(16-6-8)17-12(18)7-3-9(14)5-10(15)4-7/h1-6H,14-15H2,(H,16,17,18). The van der Waals surface area contributed by atoms with Gasteiger partial charge in [-0.3, -0.25) is 4.79 Å². The van der Waals surface area contributed by atoms with Crippen LogP contribution in [0.2, 0.25) is 5.02 Å². The minimum atomic E-state index is -0.330. The molecule has 0 aliphatic carbocycles. The van der Waals surface area contributed by atoms with Crippen LogP contribution in [0.3, 0.4) is 0 Å². The van der Waals surface area contributed by atoms with Gasteiger partial charge in [-0.05, 0) is 30.3 Å². The highest BCUT2D eigenvalue weighted by atomic mass is 35.5. The fraction of sp³-hybridized carbons (Fsp3) is 0. The fourth-order valence-corrected chi connectivity index (χ4v) is 1.56. The Labute approximate surface area is 109 Å². The van der Waals surface area contributed by atoms with Crippen LogP contribution in [-0.4, -0.2) is 10.9 Å². The van der Waals surface area contributed by atoms with E-state index in [0.29, 0.717) is 27.8 Å². The molecule has 2 aromatic rings. The van der Waals surface area contributed by atoms with Gasteiger partial charge in [0.05, 0.1) is 5.02 Å². The number of amides is 1. The Kier molecular flexibility index (Phi) is 3.34. The number of nitrogens with zero attached hydrogens (tertiary/aromatic N) is 1. The van der Waals surface area contributed by atoms with E-state index in [-0.39, 0.29) is 5.91 Å². The molecular formula is C12H11ClN4O. The Morgan fingerprint density at radius 1 is 1.17 bits per heavy atom. The number of carbonyl (C=O) groups excluding carboxylic acids is 1. The molecule has 0 aliphatic rings. The summed E-state index contributed by atoms with van der Waals surface area (Å²) in [7, 11) is 0. The predicted octanol–water partition coefficient (Wildman–Crippen LogP) is 2.15. The highest BCUT2D eigenvalue weighted by Gasteiger charge is 2.08. The van der Waals surface area contributed by atoms with Crippen molar-refractivity contribution in [2.24, 2.45) is 0 Å². The van der Waals surface area contributed by atoms with Crippen LogP contribution >= 0.6 is 11.6 Å². The lowest BCUT2D eigenvalue weighted by Gasteiger charge is -2.06. The van der Waals surface area contributed by atoms with Gasteiger partial charge in [0.1, 0.15) is 5.82 Å². The third kappa shape index (κ3) is 2.89. The van der Waals surface area contributed by atoms with Gasteiger partial charge < -0.3 is 16.8 Å². The molecule has 6 heteroatoms. The Morgan fingerprint density at radius 3 is 2.39 bits per heavy atom. The summed E-state index contributed by atoms with van der Waals surface area (Å²) in [6.07, 6.45) is 1.45. The smallest absolute Gasteiger partial charge is 0.256 e. The lowest BCUT2D eigenvalue weighted by atomic mass is 10.1. The zero-order valence-electron chi connectivity index (χ0n) is 9.35. The molecule has 5 N–H and O–H groups in total. The van der Waals surface area contributed by atoms with Gasteiger partial charge in [-0.25, -0.2) is 4.98 Å². The first-order chi connectivity index (χ1) is 8.54. The van der Waals surface area contributed by atoms with Gasteiger partial charge in [0, 0.05) is 23.1 Å². The Balaban J connectivity index is 2.19. The second kappa shape index (κ2) is 4.93. The van der Waals surface area contributed by atoms with E-state index >= 15 is 0 Å². The first-order valence-electron chi connectivity index (χ1n) is 5.13. The van der Waals surface area contributed by atoms with E-state index in [2.05, 4.69) is 10.3 Å². The third-order valence-corrected chi connectivity index (χ3v) is 2.43. The topological polar surface area (TPSA) is 94.0 Å². The number of rotatable bonds is 2. The quantitative estimate of drug-likeness (QED) is 0.723. The Hall–Kier alpha value is -2.27. The highest BCUT2D eigenvalue weighted by molar-refractivity contribution is 6.30. The molecule has 0 bridgehead atoms. The number of aromatic nitrogens is 1. The van der Waals surface area contributed by atoms with Crippen LogP contribution in [0.25, 0.3) is 0 Å². The second-order valence-electron chi connectivity index (χ2n) is 3.70. The minimum absolute atomic E-state index is 0.330. The van der Waals surface area contributed by atoms with Gasteiger partial charge in [-0.15, -0.1) is 0 Å². The maximum Gasteiger partial charge on any atom is 0.256 e. The van der Waals surface area contributed by atoms with E-state index < -0.39 is 0 Å². The number of hydrogen-bond donors (Lipinski definition) is 3. The van der Waals surface area contributed by atoms with Gasteiger partial charge in [0.2, 0.25) is 0 Å². The fourth-order valence-electron chi connectivity index (χ4n) is 1.45. The first-order valence-corrected chi connectivity index (χ1v) is 5.51. The van der Waals surface area contributed by atoms with Crippen molar-refractivity contribution < 1.29 is 4.79 Å². The van der Waals surface area contributed by atoms with Crippen LogP contribution < -0.4 is 16.8 Å². The summed E-state index contributed by atoms with van der Waals surface area (Å²) in [6.45, 7) is 0. The van der Waals surface area contributed by atoms with Crippen molar-refractivity contribution in [2.45, 2.75) is 0 Å². The molecule has 0 aliphatic heterocycles. The number of halogens is 1. The molecule has 1 amide bonds. The molecule has 18 heavy (non-hydrogen) atoms. The van der Waals surface area contributed by atoms with Crippen molar-refractivity contribution in [2.75, 3.05) is 16.8 Å². The number of anilines is 3. The summed E-state index contributed by atoms with van der Waals surface area (Å²) in [6, 6.07) is 7.91. The zero-order chi connectivity index (χ0) is 13.1. The number of hydrogen-bond acceptors (Lipinski definition) is 4. The summed E-state index contributed by atoms with van der Waals surface area (Å²) in [5.41, 5.74) is 12.5. The van der Waals surface area contributed by atoms with Crippen LogP contribution in [0.5, 0.6) is 0 Å². The van der Waals surface area contributed by atoms with Gasteiger partial charge in [-0.1, -0.05) is 11.6 Å². The number of carbonyl (C=O) groups is 1. The number of nitrogens with two attached hydrogens (primary N) is 2. The molecule has 0 atom stereocenters. The molecule has 0 saturated heterocycles. The van der Waals surface area contributed by atoms with Crippen LogP contribution in [0.15, 0.2) is 36.5 Å². The molecule has 0 saturated carbocycles. The SMILES string of the molecule is Nc1cc(N)cc(C(=O)Nc2ccc(Cl)cn2)c1. The van der Waals surface area contributed by atoms with Crippen LogP contribution in [-0.2, 0) is 0 Å². The maximum atomic E-state index is 11.9. The van der Waals surface area contributed by atoms with E-state index in [4.69, 9.17) is 23.1 Å². The molecule has 1 aromatic heterocycles. The molecule has 0 unspecified atom stereocenters. The lowest BCUT2D eigenvalue weighted by Crippen LogP contribution is -2.13. The summed E-state index contributed by atoms with van der Waals surface area (Å²) in [4.78, 5) is 15.9. The average molecular weight is 263 g/mol. The van der Waals surface area contributed by atoms with Crippen molar-refractivity contribution in [3.05, 3.63) is 47.1 Å². The van der Waals surface area contributed by atoms with Gasteiger partial charge >= 0.3 is 0 Å². The van der Waals surface area contributed by atoms with E-state index in [1.165, 1.54) is 6.20 Å². The summed E-state index contributed by atoms with van der Waals surface area (Å²) < 4.78 is 0. The van der Waals surface area contributed by atoms with Crippen LogP contribution in [0.1, 0.15) is 10.4 Å². The van der Waals surface area contributed by atoms with Crippen molar-refractivity contribution in [3.8, 4) is 0 Å². The summed E-state index contributed by atoms with van der Waals surface area (Å²) in [5, 5.41) is 3.12. The molecule has 0 radical (unpaired) electrons. The Morgan fingerprint density at radius 2 is 1.83 bits per heavy atom. The number of benzene rings is 1. The van der Waals surface area contributed by atoms with E-state index in [1.54, 1.807) is 30.3 Å². The van der Waals surface area contributed by atoms with Crippen molar-refractivity contribution >= 4 is 34.7 Å². The first kappa shape index (κ1) is 12.2. The molecular weight excluding hydrogens is 252 g/mol. The normalized spacial score (nSPS) is 10.1.